The summed E-state index contributed by atoms with van der Waals surface area (Å²) >= 11 is 0.930. The summed E-state index contributed by atoms with van der Waals surface area (Å²) in [5.41, 5.74) is 0.695. The Balaban J connectivity index is 2.11. The van der Waals surface area contributed by atoms with Crippen LogP contribution < -0.4 is 4.74 Å². The number of nitrogens with zero attached hydrogens (tertiary/aromatic N) is 1. The van der Waals surface area contributed by atoms with E-state index in [4.69, 9.17) is 9.84 Å². The van der Waals surface area contributed by atoms with Gasteiger partial charge in [0.25, 0.3) is 0 Å². The molecule has 0 unspecified atom stereocenters. The molecule has 0 aliphatic rings. The van der Waals surface area contributed by atoms with Crippen molar-refractivity contribution in [1.82, 2.24) is 4.98 Å². The average Bonchev–Trinajstić information content (AvgIpc) is 2.84. The molecule has 1 N–H and O–H groups in total. The molecule has 1 heterocycles. The number of alkyl halides is 3. The summed E-state index contributed by atoms with van der Waals surface area (Å²) < 4.78 is 42.7. The second-order valence-corrected chi connectivity index (χ2v) is 4.60. The minimum absolute atomic E-state index is 0.00386. The van der Waals surface area contributed by atoms with Crippen molar-refractivity contribution >= 4 is 17.3 Å². The molecular weight excluding hydrogens is 295 g/mol. The average molecular weight is 303 g/mol. The van der Waals surface area contributed by atoms with Gasteiger partial charge in [0.15, 0.2) is 0 Å². The van der Waals surface area contributed by atoms with E-state index in [1.807, 2.05) is 0 Å². The van der Waals surface area contributed by atoms with Crippen molar-refractivity contribution in [2.75, 3.05) is 0 Å². The number of aromatic nitrogens is 1. The molecule has 0 saturated heterocycles. The first kappa shape index (κ1) is 14.3. The lowest BCUT2D eigenvalue weighted by Gasteiger charge is -2.09. The Kier molecular flexibility index (Phi) is 3.93. The van der Waals surface area contributed by atoms with Crippen LogP contribution in [0.3, 0.4) is 0 Å². The molecule has 8 heteroatoms. The van der Waals surface area contributed by atoms with Crippen LogP contribution in [-0.2, 0) is 12.8 Å². The third kappa shape index (κ3) is 3.27. The van der Waals surface area contributed by atoms with E-state index in [9.17, 15) is 18.0 Å². The zero-order valence-corrected chi connectivity index (χ0v) is 10.7. The van der Waals surface area contributed by atoms with E-state index in [2.05, 4.69) is 4.98 Å². The number of thiazole rings is 1. The maximum absolute atomic E-state index is 12.5. The molecule has 0 fully saturated rings. The first-order valence-corrected chi connectivity index (χ1v) is 6.21. The lowest BCUT2D eigenvalue weighted by atomic mass is 10.2. The largest absolute Gasteiger partial charge is 0.487 e. The highest BCUT2D eigenvalue weighted by molar-refractivity contribution is 7.11. The minimum Gasteiger partial charge on any atom is -0.487 e. The summed E-state index contributed by atoms with van der Waals surface area (Å²) in [6.07, 6.45) is -4.45. The van der Waals surface area contributed by atoms with Gasteiger partial charge in [-0.1, -0.05) is 6.07 Å². The maximum Gasteiger partial charge on any atom is 0.416 e. The van der Waals surface area contributed by atoms with E-state index in [1.54, 1.807) is 0 Å². The van der Waals surface area contributed by atoms with Gasteiger partial charge in [-0.05, 0) is 18.2 Å². The van der Waals surface area contributed by atoms with Crippen LogP contribution in [0.4, 0.5) is 13.2 Å². The molecule has 0 aliphatic heterocycles. The summed E-state index contributed by atoms with van der Waals surface area (Å²) in [7, 11) is 0. The zero-order chi connectivity index (χ0) is 14.8. The number of aromatic carboxylic acids is 1. The fraction of sp³-hybridized carbons (Fsp3) is 0.167. The van der Waals surface area contributed by atoms with E-state index >= 15 is 0 Å². The molecule has 0 spiro atoms. The number of benzene rings is 1. The summed E-state index contributed by atoms with van der Waals surface area (Å²) in [5.74, 6) is -1.14. The standard InChI is InChI=1S/C12H8F3NO3S/c13-12(14,15)7-2-1-3-8(4-7)19-5-9-10(11(17)18)20-6-16-9/h1-4,6H,5H2,(H,17,18). The van der Waals surface area contributed by atoms with E-state index in [0.29, 0.717) is 0 Å². The first-order chi connectivity index (χ1) is 9.38. The van der Waals surface area contributed by atoms with Crippen molar-refractivity contribution in [3.63, 3.8) is 0 Å². The number of rotatable bonds is 4. The summed E-state index contributed by atoms with van der Waals surface area (Å²) in [6, 6.07) is 4.37. The number of carboxylic acid groups (broad SMARTS) is 1. The fourth-order valence-electron chi connectivity index (χ4n) is 1.46. The zero-order valence-electron chi connectivity index (χ0n) is 9.85. The molecule has 0 atom stereocenters. The molecule has 1 aromatic heterocycles. The molecule has 0 aliphatic carbocycles. The van der Waals surface area contributed by atoms with E-state index in [0.717, 1.165) is 23.5 Å². The van der Waals surface area contributed by atoms with Crippen LogP contribution in [0.5, 0.6) is 5.75 Å². The van der Waals surface area contributed by atoms with Crippen LogP contribution >= 0.6 is 11.3 Å². The van der Waals surface area contributed by atoms with Gasteiger partial charge in [0.2, 0.25) is 0 Å². The maximum atomic E-state index is 12.5. The van der Waals surface area contributed by atoms with Gasteiger partial charge >= 0.3 is 12.1 Å². The molecule has 1 aromatic carbocycles. The highest BCUT2D eigenvalue weighted by Crippen LogP contribution is 2.31. The second-order valence-electron chi connectivity index (χ2n) is 3.75. The highest BCUT2D eigenvalue weighted by Gasteiger charge is 2.30. The Morgan fingerprint density at radius 2 is 2.15 bits per heavy atom. The summed E-state index contributed by atoms with van der Waals surface area (Å²) in [5, 5.41) is 8.87. The topological polar surface area (TPSA) is 59.4 Å². The summed E-state index contributed by atoms with van der Waals surface area (Å²) in [6.45, 7) is -0.202. The van der Waals surface area contributed by atoms with E-state index < -0.39 is 17.7 Å². The Morgan fingerprint density at radius 1 is 1.40 bits per heavy atom. The highest BCUT2D eigenvalue weighted by atomic mass is 32.1. The van der Waals surface area contributed by atoms with Crippen molar-refractivity contribution in [3.05, 3.63) is 45.9 Å². The molecule has 0 amide bonds. The SMILES string of the molecule is O=C(O)c1scnc1COc1cccc(C(F)(F)F)c1. The van der Waals surface area contributed by atoms with Crippen molar-refractivity contribution < 1.29 is 27.8 Å². The van der Waals surface area contributed by atoms with Crippen LogP contribution in [-0.4, -0.2) is 16.1 Å². The van der Waals surface area contributed by atoms with Crippen molar-refractivity contribution in [3.8, 4) is 5.75 Å². The fourth-order valence-corrected chi connectivity index (χ4v) is 2.09. The number of hydrogen-bond acceptors (Lipinski definition) is 4. The predicted molar refractivity (Wildman–Crippen MR) is 64.8 cm³/mol. The lowest BCUT2D eigenvalue weighted by molar-refractivity contribution is -0.137. The molecular formula is C12H8F3NO3S. The monoisotopic (exact) mass is 303 g/mol. The third-order valence-electron chi connectivity index (χ3n) is 2.37. The lowest BCUT2D eigenvalue weighted by Crippen LogP contribution is -2.06. The number of carbonyl (C=O) groups is 1. The molecule has 20 heavy (non-hydrogen) atoms. The minimum atomic E-state index is -4.45. The molecule has 0 saturated carbocycles. The van der Waals surface area contributed by atoms with Crippen LogP contribution in [0.1, 0.15) is 20.9 Å². The molecule has 4 nitrogen and oxygen atoms in total. The Hall–Kier alpha value is -2.09. The van der Waals surface area contributed by atoms with E-state index in [-0.39, 0.29) is 22.9 Å². The van der Waals surface area contributed by atoms with Gasteiger partial charge in [-0.25, -0.2) is 9.78 Å². The van der Waals surface area contributed by atoms with E-state index in [1.165, 1.54) is 17.6 Å². The Morgan fingerprint density at radius 3 is 2.80 bits per heavy atom. The Labute approximate surface area is 115 Å². The smallest absolute Gasteiger partial charge is 0.416 e. The van der Waals surface area contributed by atoms with Crippen molar-refractivity contribution in [2.45, 2.75) is 12.8 Å². The molecule has 2 rings (SSSR count). The van der Waals surface area contributed by atoms with Gasteiger partial charge in [0, 0.05) is 0 Å². The number of hydrogen-bond donors (Lipinski definition) is 1. The van der Waals surface area contributed by atoms with Gasteiger partial charge in [-0.15, -0.1) is 11.3 Å². The van der Waals surface area contributed by atoms with Gasteiger partial charge < -0.3 is 9.84 Å². The quantitative estimate of drug-likeness (QED) is 0.940. The van der Waals surface area contributed by atoms with Crippen molar-refractivity contribution in [2.24, 2.45) is 0 Å². The number of ether oxygens (including phenoxy) is 1. The molecule has 2 aromatic rings. The van der Waals surface area contributed by atoms with Crippen LogP contribution in [0, 0.1) is 0 Å². The number of carboxylic acids is 1. The second kappa shape index (κ2) is 5.49. The van der Waals surface area contributed by atoms with Gasteiger partial charge in [-0.3, -0.25) is 0 Å². The normalized spacial score (nSPS) is 11.3. The van der Waals surface area contributed by atoms with Gasteiger partial charge in [0.1, 0.15) is 22.9 Å². The molecule has 0 radical (unpaired) electrons. The predicted octanol–water partition coefficient (Wildman–Crippen LogP) is 3.44. The van der Waals surface area contributed by atoms with Crippen LogP contribution in [0.25, 0.3) is 0 Å². The Bertz CT molecular complexity index is 624. The molecule has 106 valence electrons. The third-order valence-corrected chi connectivity index (χ3v) is 3.23. The first-order valence-electron chi connectivity index (χ1n) is 5.33. The number of halogens is 3. The van der Waals surface area contributed by atoms with Crippen LogP contribution in [0.2, 0.25) is 0 Å². The molecule has 0 bridgehead atoms. The van der Waals surface area contributed by atoms with Crippen LogP contribution in [0.15, 0.2) is 29.8 Å². The summed E-state index contributed by atoms with van der Waals surface area (Å²) in [4.78, 5) is 14.7. The van der Waals surface area contributed by atoms with Gasteiger partial charge in [-0.2, -0.15) is 13.2 Å². The van der Waals surface area contributed by atoms with Crippen molar-refractivity contribution in [1.29, 1.82) is 0 Å². The van der Waals surface area contributed by atoms with Gasteiger partial charge in [0.05, 0.1) is 11.1 Å².